The number of anilines is 1. The Kier molecular flexibility index (Phi) is 4.25. The Balaban J connectivity index is 2.32. The topological polar surface area (TPSA) is 49.5 Å². The van der Waals surface area contributed by atoms with Crippen molar-refractivity contribution in [1.82, 2.24) is 0 Å². The van der Waals surface area contributed by atoms with Crippen LogP contribution in [0, 0.1) is 5.92 Å². The fourth-order valence-electron chi connectivity index (χ4n) is 2.33. The minimum Gasteiger partial charge on any atom is -0.393 e. The van der Waals surface area contributed by atoms with Gasteiger partial charge in [-0.05, 0) is 30.5 Å². The van der Waals surface area contributed by atoms with E-state index in [1.807, 2.05) is 18.2 Å². The van der Waals surface area contributed by atoms with Crippen molar-refractivity contribution in [3.05, 3.63) is 28.2 Å². The van der Waals surface area contributed by atoms with E-state index in [9.17, 15) is 5.11 Å². The standard InChI is InChI=1S/C13H17BrN2OS/c1-8-7-16(5-4-12(8)17)11-6-9(14)2-3-10(11)13(15)18/h2-3,6,8,12,17H,4-5,7H2,1H3,(H2,15,18). The van der Waals surface area contributed by atoms with Crippen LogP contribution < -0.4 is 10.6 Å². The zero-order valence-electron chi connectivity index (χ0n) is 10.3. The van der Waals surface area contributed by atoms with Gasteiger partial charge in [0.25, 0.3) is 0 Å². The molecule has 1 aromatic carbocycles. The quantitative estimate of drug-likeness (QED) is 0.818. The number of aliphatic hydroxyl groups is 1. The van der Waals surface area contributed by atoms with Crippen LogP contribution in [0.15, 0.2) is 22.7 Å². The average molecular weight is 329 g/mol. The molecule has 0 aromatic heterocycles. The van der Waals surface area contributed by atoms with Gasteiger partial charge >= 0.3 is 0 Å². The van der Waals surface area contributed by atoms with Gasteiger partial charge in [0, 0.05) is 28.8 Å². The smallest absolute Gasteiger partial charge is 0.106 e. The van der Waals surface area contributed by atoms with Crippen molar-refractivity contribution in [2.45, 2.75) is 19.4 Å². The molecule has 2 atom stereocenters. The number of piperidine rings is 1. The summed E-state index contributed by atoms with van der Waals surface area (Å²) < 4.78 is 1.01. The van der Waals surface area contributed by atoms with Crippen molar-refractivity contribution < 1.29 is 5.11 Å². The van der Waals surface area contributed by atoms with Crippen LogP contribution in [-0.2, 0) is 0 Å². The van der Waals surface area contributed by atoms with Crippen LogP contribution in [-0.4, -0.2) is 29.3 Å². The Morgan fingerprint density at radius 1 is 1.56 bits per heavy atom. The van der Waals surface area contributed by atoms with E-state index in [2.05, 4.69) is 27.8 Å². The van der Waals surface area contributed by atoms with Crippen LogP contribution in [0.4, 0.5) is 5.69 Å². The molecule has 0 aliphatic carbocycles. The molecule has 0 amide bonds. The molecule has 3 nitrogen and oxygen atoms in total. The van der Waals surface area contributed by atoms with Gasteiger partial charge in [-0.25, -0.2) is 0 Å². The number of benzene rings is 1. The molecule has 2 rings (SSSR count). The number of nitrogens with two attached hydrogens (primary N) is 1. The summed E-state index contributed by atoms with van der Waals surface area (Å²) >= 11 is 8.58. The molecular formula is C13H17BrN2OS. The highest BCUT2D eigenvalue weighted by Crippen LogP contribution is 2.29. The maximum absolute atomic E-state index is 9.79. The van der Waals surface area contributed by atoms with Crippen molar-refractivity contribution >= 4 is 38.8 Å². The largest absolute Gasteiger partial charge is 0.393 e. The fraction of sp³-hybridized carbons (Fsp3) is 0.462. The lowest BCUT2D eigenvalue weighted by atomic mass is 9.95. The first-order valence-corrected chi connectivity index (χ1v) is 7.21. The van der Waals surface area contributed by atoms with Crippen LogP contribution in [0.3, 0.4) is 0 Å². The van der Waals surface area contributed by atoms with E-state index in [1.165, 1.54) is 0 Å². The molecule has 0 radical (unpaired) electrons. The highest BCUT2D eigenvalue weighted by Gasteiger charge is 2.25. The van der Waals surface area contributed by atoms with Gasteiger partial charge in [0.05, 0.1) is 6.10 Å². The molecule has 1 aliphatic heterocycles. The number of aliphatic hydroxyl groups excluding tert-OH is 1. The second kappa shape index (κ2) is 5.55. The van der Waals surface area contributed by atoms with Gasteiger partial charge in [0.2, 0.25) is 0 Å². The average Bonchev–Trinajstić information content (AvgIpc) is 2.32. The molecule has 1 fully saturated rings. The first-order chi connectivity index (χ1) is 8.49. The van der Waals surface area contributed by atoms with Crippen molar-refractivity contribution in [3.63, 3.8) is 0 Å². The number of nitrogens with zero attached hydrogens (tertiary/aromatic N) is 1. The zero-order chi connectivity index (χ0) is 13.3. The normalized spacial score (nSPS) is 24.1. The summed E-state index contributed by atoms with van der Waals surface area (Å²) in [5.74, 6) is 0.261. The Hall–Kier alpha value is -0.650. The van der Waals surface area contributed by atoms with Crippen LogP contribution in [0.1, 0.15) is 18.9 Å². The lowest BCUT2D eigenvalue weighted by Gasteiger charge is -2.37. The van der Waals surface area contributed by atoms with Gasteiger partial charge in [-0.3, -0.25) is 0 Å². The lowest BCUT2D eigenvalue weighted by Crippen LogP contribution is -2.42. The zero-order valence-corrected chi connectivity index (χ0v) is 12.7. The lowest BCUT2D eigenvalue weighted by molar-refractivity contribution is 0.0971. The van der Waals surface area contributed by atoms with Crippen molar-refractivity contribution in [2.75, 3.05) is 18.0 Å². The van der Waals surface area contributed by atoms with Gasteiger partial charge in [-0.2, -0.15) is 0 Å². The molecule has 1 saturated heterocycles. The van der Waals surface area contributed by atoms with Gasteiger partial charge in [-0.1, -0.05) is 35.1 Å². The number of hydrogen-bond donors (Lipinski definition) is 2. The monoisotopic (exact) mass is 328 g/mol. The predicted molar refractivity (Wildman–Crippen MR) is 82.0 cm³/mol. The van der Waals surface area contributed by atoms with E-state index in [0.29, 0.717) is 4.99 Å². The Morgan fingerprint density at radius 2 is 2.28 bits per heavy atom. The maximum Gasteiger partial charge on any atom is 0.106 e. The van der Waals surface area contributed by atoms with Gasteiger partial charge in [-0.15, -0.1) is 0 Å². The van der Waals surface area contributed by atoms with E-state index in [-0.39, 0.29) is 12.0 Å². The molecular weight excluding hydrogens is 312 g/mol. The Morgan fingerprint density at radius 3 is 2.89 bits per heavy atom. The SMILES string of the molecule is CC1CN(c2cc(Br)ccc2C(N)=S)CCC1O. The molecule has 0 saturated carbocycles. The van der Waals surface area contributed by atoms with Crippen LogP contribution in [0.2, 0.25) is 0 Å². The molecule has 1 aromatic rings. The second-order valence-electron chi connectivity index (χ2n) is 4.81. The third kappa shape index (κ3) is 2.84. The van der Waals surface area contributed by atoms with Crippen LogP contribution in [0.5, 0.6) is 0 Å². The van der Waals surface area contributed by atoms with Crippen molar-refractivity contribution in [2.24, 2.45) is 11.7 Å². The molecule has 0 bridgehead atoms. The molecule has 1 heterocycles. The Labute approximate surface area is 121 Å². The third-order valence-electron chi connectivity index (χ3n) is 3.43. The predicted octanol–water partition coefficient (Wildman–Crippen LogP) is 2.29. The van der Waals surface area contributed by atoms with Crippen molar-refractivity contribution in [3.8, 4) is 0 Å². The number of rotatable bonds is 2. The molecule has 98 valence electrons. The molecule has 5 heteroatoms. The van der Waals surface area contributed by atoms with E-state index in [4.69, 9.17) is 18.0 Å². The van der Waals surface area contributed by atoms with Crippen LogP contribution in [0.25, 0.3) is 0 Å². The number of thiocarbonyl (C=S) groups is 1. The maximum atomic E-state index is 9.79. The first-order valence-electron chi connectivity index (χ1n) is 6.01. The summed E-state index contributed by atoms with van der Waals surface area (Å²) in [6, 6.07) is 5.93. The molecule has 0 spiro atoms. The first kappa shape index (κ1) is 13.8. The molecule has 2 unspecified atom stereocenters. The Bertz CT molecular complexity index is 466. The summed E-state index contributed by atoms with van der Waals surface area (Å²) in [6.45, 7) is 3.72. The summed E-state index contributed by atoms with van der Waals surface area (Å²) in [5, 5.41) is 9.79. The molecule has 3 N–H and O–H groups in total. The highest BCUT2D eigenvalue weighted by atomic mass is 79.9. The minimum absolute atomic E-state index is 0.207. The third-order valence-corrected chi connectivity index (χ3v) is 4.14. The van der Waals surface area contributed by atoms with Gasteiger partial charge in [0.1, 0.15) is 4.99 Å². The summed E-state index contributed by atoms with van der Waals surface area (Å²) in [5.41, 5.74) is 7.72. The van der Waals surface area contributed by atoms with E-state index in [0.717, 1.165) is 35.2 Å². The fourth-order valence-corrected chi connectivity index (χ4v) is 2.85. The van der Waals surface area contributed by atoms with Gasteiger partial charge in [0.15, 0.2) is 0 Å². The second-order valence-corrected chi connectivity index (χ2v) is 6.16. The molecule has 18 heavy (non-hydrogen) atoms. The van der Waals surface area contributed by atoms with Gasteiger partial charge < -0.3 is 15.7 Å². The molecule has 1 aliphatic rings. The summed E-state index contributed by atoms with van der Waals surface area (Å²) in [4.78, 5) is 2.66. The minimum atomic E-state index is -0.207. The summed E-state index contributed by atoms with van der Waals surface area (Å²) in [7, 11) is 0. The highest BCUT2D eigenvalue weighted by molar-refractivity contribution is 9.10. The van der Waals surface area contributed by atoms with E-state index in [1.54, 1.807) is 0 Å². The van der Waals surface area contributed by atoms with Crippen molar-refractivity contribution in [1.29, 1.82) is 0 Å². The number of halogens is 1. The number of hydrogen-bond acceptors (Lipinski definition) is 3. The van der Waals surface area contributed by atoms with E-state index < -0.39 is 0 Å². The van der Waals surface area contributed by atoms with Crippen LogP contribution >= 0.6 is 28.1 Å². The van der Waals surface area contributed by atoms with E-state index >= 15 is 0 Å². The summed E-state index contributed by atoms with van der Waals surface area (Å²) in [6.07, 6.45) is 0.575.